The molecule has 0 saturated carbocycles. The molecule has 2 rings (SSSR count). The summed E-state index contributed by atoms with van der Waals surface area (Å²) in [6, 6.07) is 3.59. The van der Waals surface area contributed by atoms with Gasteiger partial charge in [-0.05, 0) is 41.9 Å². The number of hydrogen-bond acceptors (Lipinski definition) is 4. The van der Waals surface area contributed by atoms with Crippen LogP contribution in [0.2, 0.25) is 0 Å². The number of nitrogens with zero attached hydrogens (tertiary/aromatic N) is 1. The van der Waals surface area contributed by atoms with E-state index in [-0.39, 0.29) is 5.91 Å². The highest BCUT2D eigenvalue weighted by atomic mass is 79.9. The number of carbonyl (C=O) groups excluding carboxylic acids is 2. The lowest BCUT2D eigenvalue weighted by Crippen LogP contribution is -2.52. The Hall–Kier alpha value is -1.56. The first-order chi connectivity index (χ1) is 8.79. The zero-order chi connectivity index (χ0) is 14.4. The number of halogens is 1. The van der Waals surface area contributed by atoms with Crippen molar-refractivity contribution in [2.24, 2.45) is 0 Å². The molecule has 5 nitrogen and oxygen atoms in total. The Labute approximate surface area is 120 Å². The van der Waals surface area contributed by atoms with E-state index in [9.17, 15) is 9.59 Å². The van der Waals surface area contributed by atoms with Crippen molar-refractivity contribution in [1.82, 2.24) is 0 Å². The monoisotopic (exact) mass is 326 g/mol. The molecule has 0 aromatic heterocycles. The molecule has 1 aromatic carbocycles. The number of likely N-dealkylation sites (N-methyl/N-ethyl adjacent to an activating group) is 1. The highest BCUT2D eigenvalue weighted by Gasteiger charge is 2.39. The predicted molar refractivity (Wildman–Crippen MR) is 76.6 cm³/mol. The van der Waals surface area contributed by atoms with Crippen LogP contribution in [-0.4, -0.2) is 31.6 Å². The maximum absolute atomic E-state index is 12.3. The zero-order valence-electron chi connectivity index (χ0n) is 11.2. The molecule has 0 saturated heterocycles. The number of amides is 1. The Morgan fingerprint density at radius 2 is 2.05 bits per heavy atom. The molecule has 6 heteroatoms. The number of carbonyl (C=O) groups is 2. The summed E-state index contributed by atoms with van der Waals surface area (Å²) in [4.78, 5) is 25.7. The van der Waals surface area contributed by atoms with Crippen LogP contribution in [0.3, 0.4) is 0 Å². The number of nitrogens with one attached hydrogen (secondary N) is 1. The molecule has 1 amide bonds. The van der Waals surface area contributed by atoms with Crippen LogP contribution < -0.4 is 10.2 Å². The number of esters is 1. The van der Waals surface area contributed by atoms with E-state index in [1.807, 2.05) is 6.07 Å². The molecule has 102 valence electrons. The first-order valence-electron chi connectivity index (χ1n) is 5.76. The van der Waals surface area contributed by atoms with Crippen LogP contribution in [0.25, 0.3) is 0 Å². The fraction of sp³-hybridized carbons (Fsp3) is 0.385. The molecule has 0 unspecified atom stereocenters. The number of anilines is 2. The third-order valence-corrected chi connectivity index (χ3v) is 3.80. The van der Waals surface area contributed by atoms with E-state index >= 15 is 0 Å². The maximum Gasteiger partial charge on any atom is 0.341 e. The van der Waals surface area contributed by atoms with Crippen LogP contribution in [0.1, 0.15) is 24.2 Å². The van der Waals surface area contributed by atoms with Crippen molar-refractivity contribution in [3.8, 4) is 0 Å². The Balaban J connectivity index is 2.69. The first-order valence-corrected chi connectivity index (χ1v) is 6.56. The molecule has 0 fully saturated rings. The molecule has 1 N–H and O–H groups in total. The van der Waals surface area contributed by atoms with Crippen LogP contribution in [0.15, 0.2) is 16.6 Å². The number of methoxy groups -OCH3 is 1. The van der Waals surface area contributed by atoms with Crippen LogP contribution in [-0.2, 0) is 9.53 Å². The SMILES string of the molecule is COC(=O)c1c(Br)ccc2c1N(C)C(=O)C(C)(C)N2. The quantitative estimate of drug-likeness (QED) is 0.805. The first kappa shape index (κ1) is 13.9. The average Bonchev–Trinajstić information content (AvgIpc) is 2.36. The van der Waals surface area contributed by atoms with Gasteiger partial charge in [-0.2, -0.15) is 0 Å². The second-order valence-corrected chi connectivity index (χ2v) is 5.78. The molecule has 1 aromatic rings. The highest BCUT2D eigenvalue weighted by molar-refractivity contribution is 9.10. The summed E-state index contributed by atoms with van der Waals surface area (Å²) in [7, 11) is 2.97. The molecule has 0 atom stereocenters. The van der Waals surface area contributed by atoms with E-state index in [1.165, 1.54) is 12.0 Å². The molecule has 0 radical (unpaired) electrons. The van der Waals surface area contributed by atoms with Gasteiger partial charge in [0.2, 0.25) is 0 Å². The summed E-state index contributed by atoms with van der Waals surface area (Å²) >= 11 is 3.33. The van der Waals surface area contributed by atoms with Gasteiger partial charge in [-0.25, -0.2) is 4.79 Å². The lowest BCUT2D eigenvalue weighted by molar-refractivity contribution is -0.121. The summed E-state index contributed by atoms with van der Waals surface area (Å²) in [6.45, 7) is 3.60. The minimum Gasteiger partial charge on any atom is -0.465 e. The fourth-order valence-corrected chi connectivity index (χ4v) is 2.70. The topological polar surface area (TPSA) is 58.6 Å². The minimum atomic E-state index is -0.705. The molecular formula is C13H15BrN2O3. The van der Waals surface area contributed by atoms with Crippen molar-refractivity contribution in [3.05, 3.63) is 22.2 Å². The number of benzene rings is 1. The Morgan fingerprint density at radius 3 is 2.63 bits per heavy atom. The number of fused-ring (bicyclic) bond motifs is 1. The normalized spacial score (nSPS) is 16.7. The van der Waals surface area contributed by atoms with E-state index in [4.69, 9.17) is 4.74 Å². The van der Waals surface area contributed by atoms with E-state index in [2.05, 4.69) is 21.2 Å². The van der Waals surface area contributed by atoms with Gasteiger partial charge in [-0.15, -0.1) is 0 Å². The molecular weight excluding hydrogens is 312 g/mol. The summed E-state index contributed by atoms with van der Waals surface area (Å²) in [5.41, 5.74) is 0.906. The van der Waals surface area contributed by atoms with Crippen molar-refractivity contribution >= 4 is 39.2 Å². The summed E-state index contributed by atoms with van der Waals surface area (Å²) in [6.07, 6.45) is 0. The Kier molecular flexibility index (Phi) is 3.30. The summed E-state index contributed by atoms with van der Waals surface area (Å²) in [5.74, 6) is -0.590. The number of ether oxygens (including phenoxy) is 1. The second-order valence-electron chi connectivity index (χ2n) is 4.92. The van der Waals surface area contributed by atoms with Gasteiger partial charge in [0.25, 0.3) is 5.91 Å². The number of hydrogen-bond donors (Lipinski definition) is 1. The maximum atomic E-state index is 12.3. The van der Waals surface area contributed by atoms with Crippen molar-refractivity contribution in [1.29, 1.82) is 0 Å². The third kappa shape index (κ3) is 2.10. The molecule has 0 spiro atoms. The lowest BCUT2D eigenvalue weighted by Gasteiger charge is -2.39. The van der Waals surface area contributed by atoms with Gasteiger partial charge in [0.15, 0.2) is 0 Å². The van der Waals surface area contributed by atoms with E-state index in [0.29, 0.717) is 15.7 Å². The van der Waals surface area contributed by atoms with Crippen molar-refractivity contribution in [3.63, 3.8) is 0 Å². The van der Waals surface area contributed by atoms with Crippen molar-refractivity contribution in [2.75, 3.05) is 24.4 Å². The van der Waals surface area contributed by atoms with Crippen molar-refractivity contribution < 1.29 is 14.3 Å². The van der Waals surface area contributed by atoms with Crippen LogP contribution in [0.5, 0.6) is 0 Å². The zero-order valence-corrected chi connectivity index (χ0v) is 12.8. The van der Waals surface area contributed by atoms with Gasteiger partial charge in [0.1, 0.15) is 5.54 Å². The van der Waals surface area contributed by atoms with Gasteiger partial charge in [0.05, 0.1) is 24.0 Å². The average molecular weight is 327 g/mol. The fourth-order valence-electron chi connectivity index (χ4n) is 2.22. The van der Waals surface area contributed by atoms with Gasteiger partial charge >= 0.3 is 5.97 Å². The van der Waals surface area contributed by atoms with Crippen molar-refractivity contribution in [2.45, 2.75) is 19.4 Å². The smallest absolute Gasteiger partial charge is 0.341 e. The van der Waals surface area contributed by atoms with Gasteiger partial charge < -0.3 is 15.0 Å². The van der Waals surface area contributed by atoms with E-state index in [0.717, 1.165) is 5.69 Å². The van der Waals surface area contributed by atoms with Gasteiger partial charge in [0, 0.05) is 11.5 Å². The Morgan fingerprint density at radius 1 is 1.42 bits per heavy atom. The standard InChI is InChI=1S/C13H15BrN2O3/c1-13(2)12(18)16(3)10-8(15-13)6-5-7(14)9(10)11(17)19-4/h5-6,15H,1-4H3. The summed E-state index contributed by atoms with van der Waals surface area (Å²) in [5, 5.41) is 3.14. The molecule has 1 aliphatic heterocycles. The second kappa shape index (κ2) is 4.52. The molecule has 1 heterocycles. The highest BCUT2D eigenvalue weighted by Crippen LogP contribution is 2.40. The largest absolute Gasteiger partial charge is 0.465 e. The van der Waals surface area contributed by atoms with Crippen LogP contribution >= 0.6 is 15.9 Å². The minimum absolute atomic E-state index is 0.108. The van der Waals surface area contributed by atoms with Crippen LogP contribution in [0.4, 0.5) is 11.4 Å². The van der Waals surface area contributed by atoms with E-state index in [1.54, 1.807) is 27.0 Å². The molecule has 1 aliphatic rings. The third-order valence-electron chi connectivity index (χ3n) is 3.14. The Bertz CT molecular complexity index is 569. The molecule has 0 aliphatic carbocycles. The number of rotatable bonds is 1. The predicted octanol–water partition coefficient (Wildman–Crippen LogP) is 2.40. The molecule has 19 heavy (non-hydrogen) atoms. The van der Waals surface area contributed by atoms with Crippen LogP contribution in [0, 0.1) is 0 Å². The van der Waals surface area contributed by atoms with Gasteiger partial charge in [-0.1, -0.05) is 0 Å². The summed E-state index contributed by atoms with van der Waals surface area (Å²) < 4.78 is 5.38. The lowest BCUT2D eigenvalue weighted by atomic mass is 9.96. The van der Waals surface area contributed by atoms with Gasteiger partial charge in [-0.3, -0.25) is 4.79 Å². The molecule has 0 bridgehead atoms. The van der Waals surface area contributed by atoms with E-state index < -0.39 is 11.5 Å².